The summed E-state index contributed by atoms with van der Waals surface area (Å²) in [5.41, 5.74) is -0.00489. The number of benzene rings is 3. The molecule has 0 aliphatic heterocycles. The second-order valence-electron chi connectivity index (χ2n) is 6.88. The maximum absolute atomic E-state index is 12.6. The molecule has 0 aliphatic carbocycles. The largest absolute Gasteiger partial charge is 0.482 e. The van der Waals surface area contributed by atoms with Gasteiger partial charge in [-0.2, -0.15) is 10.4 Å². The average molecular weight is 441 g/mol. The zero-order valence-corrected chi connectivity index (χ0v) is 17.0. The number of aromatic nitrogens is 2. The third-order valence-electron chi connectivity index (χ3n) is 4.81. The van der Waals surface area contributed by atoms with Gasteiger partial charge >= 0.3 is 11.4 Å². The van der Waals surface area contributed by atoms with Crippen molar-refractivity contribution in [1.29, 1.82) is 5.26 Å². The van der Waals surface area contributed by atoms with Crippen LogP contribution in [0, 0.1) is 21.4 Å². The minimum atomic E-state index is -0.736. The zero-order chi connectivity index (χ0) is 23.4. The number of nitrogens with zero attached hydrogens (tertiary/aromatic N) is 4. The van der Waals surface area contributed by atoms with Crippen LogP contribution in [0.1, 0.15) is 16.7 Å². The van der Waals surface area contributed by atoms with Crippen LogP contribution in [0.15, 0.2) is 81.4 Å². The molecule has 0 unspecified atom stereocenters. The predicted molar refractivity (Wildman–Crippen MR) is 120 cm³/mol. The van der Waals surface area contributed by atoms with Crippen LogP contribution in [0.4, 0.5) is 5.69 Å². The SMILES string of the molecule is N#Cc1ccccc1COc1ccc(C=Nn2c(=O)[nH]c3ccccc3c2=O)cc1[N+](=O)[O-]. The molecule has 0 fully saturated rings. The van der Waals surface area contributed by atoms with Gasteiger partial charge in [-0.25, -0.2) is 4.79 Å². The molecule has 4 rings (SSSR count). The van der Waals surface area contributed by atoms with E-state index in [-0.39, 0.29) is 29.0 Å². The molecule has 0 atom stereocenters. The highest BCUT2D eigenvalue weighted by molar-refractivity contribution is 5.82. The fraction of sp³-hybridized carbons (Fsp3) is 0.0435. The molecule has 0 saturated carbocycles. The van der Waals surface area contributed by atoms with Crippen molar-refractivity contribution in [3.63, 3.8) is 0 Å². The number of fused-ring (bicyclic) bond motifs is 1. The second kappa shape index (κ2) is 8.99. The fourth-order valence-corrected chi connectivity index (χ4v) is 3.17. The van der Waals surface area contributed by atoms with Crippen LogP contribution < -0.4 is 16.0 Å². The number of rotatable bonds is 6. The summed E-state index contributed by atoms with van der Waals surface area (Å²) >= 11 is 0. The Morgan fingerprint density at radius 1 is 1.12 bits per heavy atom. The molecule has 1 aromatic heterocycles. The first kappa shape index (κ1) is 21.2. The van der Waals surface area contributed by atoms with E-state index in [4.69, 9.17) is 10.00 Å². The summed E-state index contributed by atoms with van der Waals surface area (Å²) in [6, 6.07) is 19.4. The minimum Gasteiger partial charge on any atom is -0.482 e. The van der Waals surface area contributed by atoms with Crippen molar-refractivity contribution in [3.05, 3.63) is 114 Å². The van der Waals surface area contributed by atoms with Crippen LogP contribution in [0.2, 0.25) is 0 Å². The van der Waals surface area contributed by atoms with Crippen LogP contribution in [-0.4, -0.2) is 20.8 Å². The summed E-state index contributed by atoms with van der Waals surface area (Å²) in [5.74, 6) is 0.00520. The fourth-order valence-electron chi connectivity index (χ4n) is 3.17. The van der Waals surface area contributed by atoms with E-state index in [1.165, 1.54) is 24.4 Å². The zero-order valence-electron chi connectivity index (χ0n) is 17.0. The Labute approximate surface area is 185 Å². The highest BCUT2D eigenvalue weighted by atomic mass is 16.6. The van der Waals surface area contributed by atoms with Gasteiger partial charge in [0.25, 0.3) is 5.56 Å². The molecule has 0 bridgehead atoms. The molecular weight excluding hydrogens is 426 g/mol. The lowest BCUT2D eigenvalue weighted by Gasteiger charge is -2.08. The van der Waals surface area contributed by atoms with Crippen LogP contribution in [-0.2, 0) is 6.61 Å². The van der Waals surface area contributed by atoms with E-state index in [0.717, 1.165) is 0 Å². The summed E-state index contributed by atoms with van der Waals surface area (Å²) in [5, 5.41) is 24.9. The van der Waals surface area contributed by atoms with Gasteiger partial charge in [-0.05, 0) is 30.3 Å². The number of hydrogen-bond donors (Lipinski definition) is 1. The van der Waals surface area contributed by atoms with Gasteiger partial charge in [0.15, 0.2) is 5.75 Å². The van der Waals surface area contributed by atoms with Gasteiger partial charge in [0, 0.05) is 17.2 Å². The number of ether oxygens (including phenoxy) is 1. The van der Waals surface area contributed by atoms with E-state index < -0.39 is 16.2 Å². The second-order valence-corrected chi connectivity index (χ2v) is 6.88. The van der Waals surface area contributed by atoms with E-state index in [2.05, 4.69) is 10.1 Å². The van der Waals surface area contributed by atoms with Crippen molar-refractivity contribution in [3.8, 4) is 11.8 Å². The Balaban J connectivity index is 1.63. The Morgan fingerprint density at radius 3 is 2.67 bits per heavy atom. The van der Waals surface area contributed by atoms with Gasteiger partial charge in [-0.15, -0.1) is 4.68 Å². The maximum atomic E-state index is 12.6. The van der Waals surface area contributed by atoms with Crippen LogP contribution >= 0.6 is 0 Å². The van der Waals surface area contributed by atoms with Gasteiger partial charge in [0.1, 0.15) is 6.61 Å². The van der Waals surface area contributed by atoms with Gasteiger partial charge in [0.2, 0.25) is 0 Å². The van der Waals surface area contributed by atoms with E-state index >= 15 is 0 Å². The number of aromatic amines is 1. The first-order valence-corrected chi connectivity index (χ1v) is 9.65. The first-order valence-electron chi connectivity index (χ1n) is 9.65. The molecule has 1 heterocycles. The van der Waals surface area contributed by atoms with Crippen molar-refractivity contribution >= 4 is 22.8 Å². The minimum absolute atomic E-state index is 0.00520. The van der Waals surface area contributed by atoms with Crippen LogP contribution in [0.3, 0.4) is 0 Å². The van der Waals surface area contributed by atoms with Crippen LogP contribution in [0.25, 0.3) is 10.9 Å². The molecular formula is C23H15N5O5. The molecule has 0 saturated heterocycles. The van der Waals surface area contributed by atoms with Crippen molar-refractivity contribution in [2.75, 3.05) is 0 Å². The van der Waals surface area contributed by atoms with E-state index in [1.54, 1.807) is 48.5 Å². The predicted octanol–water partition coefficient (Wildman–Crippen LogP) is 2.93. The monoisotopic (exact) mass is 441 g/mol. The van der Waals surface area contributed by atoms with Crippen molar-refractivity contribution in [2.45, 2.75) is 6.61 Å². The number of nitro benzene ring substituents is 1. The highest BCUT2D eigenvalue weighted by Crippen LogP contribution is 2.28. The Bertz CT molecular complexity index is 1560. The van der Waals surface area contributed by atoms with Crippen molar-refractivity contribution in [1.82, 2.24) is 9.66 Å². The summed E-state index contributed by atoms with van der Waals surface area (Å²) in [6.45, 7) is -0.0279. The van der Waals surface area contributed by atoms with E-state index in [1.807, 2.05) is 6.07 Å². The van der Waals surface area contributed by atoms with Gasteiger partial charge < -0.3 is 9.72 Å². The van der Waals surface area contributed by atoms with Gasteiger partial charge in [0.05, 0.1) is 33.7 Å². The summed E-state index contributed by atoms with van der Waals surface area (Å²) in [7, 11) is 0. The molecule has 162 valence electrons. The molecule has 3 aromatic carbocycles. The number of nitrogens with one attached hydrogen (secondary N) is 1. The Hall–Kier alpha value is -5.04. The van der Waals surface area contributed by atoms with Crippen LogP contribution in [0.5, 0.6) is 5.75 Å². The first-order chi connectivity index (χ1) is 16.0. The number of hydrogen-bond acceptors (Lipinski definition) is 7. The molecule has 10 nitrogen and oxygen atoms in total. The Morgan fingerprint density at radius 2 is 1.88 bits per heavy atom. The van der Waals surface area contributed by atoms with E-state index in [0.29, 0.717) is 21.3 Å². The Kier molecular flexibility index (Phi) is 5.77. The smallest absolute Gasteiger partial charge is 0.349 e. The third kappa shape index (κ3) is 4.38. The lowest BCUT2D eigenvalue weighted by molar-refractivity contribution is -0.385. The molecule has 0 radical (unpaired) electrons. The summed E-state index contributed by atoms with van der Waals surface area (Å²) in [6.07, 6.45) is 1.17. The lowest BCUT2D eigenvalue weighted by Crippen LogP contribution is -2.32. The maximum Gasteiger partial charge on any atom is 0.349 e. The molecule has 0 amide bonds. The number of H-pyrrole nitrogens is 1. The summed E-state index contributed by atoms with van der Waals surface area (Å²) < 4.78 is 6.23. The quantitative estimate of drug-likeness (QED) is 0.277. The van der Waals surface area contributed by atoms with Crippen molar-refractivity contribution in [2.24, 2.45) is 5.10 Å². The standard InChI is InChI=1S/C23H15N5O5/c24-12-16-5-1-2-6-17(16)14-33-21-10-9-15(11-20(21)28(31)32)13-25-27-22(29)18-7-3-4-8-19(18)26-23(27)30/h1-11,13H,14H2,(H,26,30). The highest BCUT2D eigenvalue weighted by Gasteiger charge is 2.16. The molecule has 4 aromatic rings. The molecule has 10 heteroatoms. The van der Waals surface area contributed by atoms with Crippen molar-refractivity contribution < 1.29 is 9.66 Å². The lowest BCUT2D eigenvalue weighted by atomic mass is 10.1. The molecule has 0 spiro atoms. The topological polar surface area (TPSA) is 143 Å². The summed E-state index contributed by atoms with van der Waals surface area (Å²) in [4.78, 5) is 38.3. The van der Waals surface area contributed by atoms with Gasteiger partial charge in [-0.3, -0.25) is 14.9 Å². The average Bonchev–Trinajstić information content (AvgIpc) is 2.83. The molecule has 1 N–H and O–H groups in total. The molecule has 33 heavy (non-hydrogen) atoms. The normalized spacial score (nSPS) is 10.9. The van der Waals surface area contributed by atoms with Gasteiger partial charge in [-0.1, -0.05) is 30.3 Å². The number of nitriles is 1. The molecule has 0 aliphatic rings. The number of nitro groups is 1. The number of para-hydroxylation sites is 1. The third-order valence-corrected chi connectivity index (χ3v) is 4.81. The van der Waals surface area contributed by atoms with E-state index in [9.17, 15) is 19.7 Å².